The van der Waals surface area contributed by atoms with E-state index in [2.05, 4.69) is 15.6 Å². The Hall–Kier alpha value is -1.49. The van der Waals surface area contributed by atoms with Crippen molar-refractivity contribution in [2.24, 2.45) is 0 Å². The molecule has 1 saturated heterocycles. The number of piperidine rings is 1. The van der Waals surface area contributed by atoms with Gasteiger partial charge >= 0.3 is 0 Å². The van der Waals surface area contributed by atoms with Crippen LogP contribution in [0.25, 0.3) is 0 Å². The molecule has 0 bridgehead atoms. The molecule has 0 unspecified atom stereocenters. The average molecular weight is 223 g/mol. The molecule has 0 radical (unpaired) electrons. The molecule has 0 spiro atoms. The molecule has 1 atom stereocenters. The number of nitrogens with one attached hydrogen (secondary N) is 2. The third kappa shape index (κ3) is 2.76. The highest BCUT2D eigenvalue weighted by atomic mass is 19.1. The Morgan fingerprint density at radius 1 is 1.50 bits per heavy atom. The Bertz CT molecular complexity index is 360. The van der Waals surface area contributed by atoms with Crippen molar-refractivity contribution >= 4 is 11.7 Å². The van der Waals surface area contributed by atoms with Crippen LogP contribution in [0.4, 0.5) is 10.2 Å². The van der Waals surface area contributed by atoms with Crippen molar-refractivity contribution in [3.63, 3.8) is 0 Å². The molecule has 1 aliphatic rings. The van der Waals surface area contributed by atoms with Gasteiger partial charge in [0.2, 0.25) is 5.91 Å². The zero-order chi connectivity index (χ0) is 11.4. The highest BCUT2D eigenvalue weighted by Gasteiger charge is 2.20. The van der Waals surface area contributed by atoms with Crippen LogP contribution in [-0.4, -0.2) is 23.5 Å². The molecule has 2 N–H and O–H groups in total. The fourth-order valence-corrected chi connectivity index (χ4v) is 1.74. The molecule has 2 rings (SSSR count). The lowest BCUT2D eigenvalue weighted by Crippen LogP contribution is -2.43. The van der Waals surface area contributed by atoms with Gasteiger partial charge in [0.1, 0.15) is 11.6 Å². The molecule has 1 fully saturated rings. The predicted molar refractivity (Wildman–Crippen MR) is 58.5 cm³/mol. The molecule has 1 aliphatic heterocycles. The van der Waals surface area contributed by atoms with E-state index in [0.29, 0.717) is 5.82 Å². The summed E-state index contributed by atoms with van der Waals surface area (Å²) in [7, 11) is 0. The van der Waals surface area contributed by atoms with Crippen molar-refractivity contribution in [1.29, 1.82) is 0 Å². The number of nitrogens with zero attached hydrogens (tertiary/aromatic N) is 1. The van der Waals surface area contributed by atoms with Crippen LogP contribution in [0.15, 0.2) is 18.3 Å². The fourth-order valence-electron chi connectivity index (χ4n) is 1.74. The van der Waals surface area contributed by atoms with E-state index in [-0.39, 0.29) is 11.9 Å². The highest BCUT2D eigenvalue weighted by Crippen LogP contribution is 2.10. The van der Waals surface area contributed by atoms with Crippen LogP contribution in [0.1, 0.15) is 19.3 Å². The molecular formula is C11H14FN3O. The number of amides is 1. The first-order valence-electron chi connectivity index (χ1n) is 5.41. The van der Waals surface area contributed by atoms with Crippen molar-refractivity contribution in [3.05, 3.63) is 24.1 Å². The second-order valence-corrected chi connectivity index (χ2v) is 3.85. The van der Waals surface area contributed by atoms with Gasteiger partial charge in [-0.2, -0.15) is 0 Å². The lowest BCUT2D eigenvalue weighted by molar-refractivity contribution is -0.118. The van der Waals surface area contributed by atoms with Gasteiger partial charge in [0, 0.05) is 0 Å². The summed E-state index contributed by atoms with van der Waals surface area (Å²) in [6.07, 6.45) is 4.09. The van der Waals surface area contributed by atoms with Crippen LogP contribution in [-0.2, 0) is 4.79 Å². The van der Waals surface area contributed by atoms with Crippen LogP contribution in [0, 0.1) is 5.82 Å². The van der Waals surface area contributed by atoms with Crippen molar-refractivity contribution in [2.75, 3.05) is 11.9 Å². The van der Waals surface area contributed by atoms with Gasteiger partial charge in [0.05, 0.1) is 12.2 Å². The van der Waals surface area contributed by atoms with Gasteiger partial charge in [-0.25, -0.2) is 9.37 Å². The van der Waals surface area contributed by atoms with E-state index in [1.165, 1.54) is 12.1 Å². The predicted octanol–water partition coefficient (Wildman–Crippen LogP) is 1.30. The number of anilines is 1. The maximum absolute atomic E-state index is 12.6. The Balaban J connectivity index is 1.93. The van der Waals surface area contributed by atoms with Crippen LogP contribution in [0.5, 0.6) is 0 Å². The minimum Gasteiger partial charge on any atom is -0.309 e. The molecule has 0 saturated carbocycles. The average Bonchev–Trinajstić information content (AvgIpc) is 2.33. The molecule has 4 nitrogen and oxygen atoms in total. The van der Waals surface area contributed by atoms with Crippen molar-refractivity contribution in [1.82, 2.24) is 10.3 Å². The van der Waals surface area contributed by atoms with E-state index in [4.69, 9.17) is 0 Å². The number of rotatable bonds is 2. The Morgan fingerprint density at radius 3 is 3.00 bits per heavy atom. The first kappa shape index (κ1) is 11.0. The first-order chi connectivity index (χ1) is 7.75. The largest absolute Gasteiger partial charge is 0.309 e. The zero-order valence-electron chi connectivity index (χ0n) is 8.87. The van der Waals surface area contributed by atoms with E-state index in [1.54, 1.807) is 0 Å². The van der Waals surface area contributed by atoms with E-state index >= 15 is 0 Å². The number of hydrogen-bond donors (Lipinski definition) is 2. The Labute approximate surface area is 93.3 Å². The second kappa shape index (κ2) is 5.03. The van der Waals surface area contributed by atoms with Gasteiger partial charge in [0.15, 0.2) is 0 Å². The number of pyridine rings is 1. The molecule has 0 aromatic carbocycles. The van der Waals surface area contributed by atoms with Gasteiger partial charge < -0.3 is 10.6 Å². The fraction of sp³-hybridized carbons (Fsp3) is 0.455. The van der Waals surface area contributed by atoms with Crippen molar-refractivity contribution in [2.45, 2.75) is 25.3 Å². The second-order valence-electron chi connectivity index (χ2n) is 3.85. The summed E-state index contributed by atoms with van der Waals surface area (Å²) in [5, 5.41) is 5.80. The van der Waals surface area contributed by atoms with Crippen LogP contribution >= 0.6 is 0 Å². The minimum atomic E-state index is -0.409. The van der Waals surface area contributed by atoms with Crippen molar-refractivity contribution in [3.8, 4) is 0 Å². The molecule has 86 valence electrons. The monoisotopic (exact) mass is 223 g/mol. The van der Waals surface area contributed by atoms with E-state index in [0.717, 1.165) is 32.0 Å². The quantitative estimate of drug-likeness (QED) is 0.794. The number of carbonyl (C=O) groups is 1. The Morgan fingerprint density at radius 2 is 2.38 bits per heavy atom. The van der Waals surface area contributed by atoms with E-state index in [9.17, 15) is 9.18 Å². The molecule has 1 aromatic rings. The molecule has 2 heterocycles. The lowest BCUT2D eigenvalue weighted by atomic mass is 10.0. The number of aromatic nitrogens is 1. The van der Waals surface area contributed by atoms with Crippen LogP contribution < -0.4 is 10.6 Å². The topological polar surface area (TPSA) is 54.0 Å². The smallest absolute Gasteiger partial charge is 0.242 e. The summed E-state index contributed by atoms with van der Waals surface area (Å²) in [5.41, 5.74) is 0. The summed E-state index contributed by atoms with van der Waals surface area (Å²) in [6, 6.07) is 2.58. The minimum absolute atomic E-state index is 0.0983. The number of carbonyl (C=O) groups excluding carboxylic acids is 1. The summed E-state index contributed by atoms with van der Waals surface area (Å²) in [5.74, 6) is -0.119. The lowest BCUT2D eigenvalue weighted by Gasteiger charge is -2.22. The summed E-state index contributed by atoms with van der Waals surface area (Å²) in [6.45, 7) is 0.870. The zero-order valence-corrected chi connectivity index (χ0v) is 8.87. The van der Waals surface area contributed by atoms with Gasteiger partial charge in [-0.1, -0.05) is 6.42 Å². The standard InChI is InChI=1S/C11H14FN3O/c12-8-4-5-10(14-7-8)15-11(16)9-3-1-2-6-13-9/h4-5,7,9,13H,1-3,6H2,(H,14,15,16)/t9-/m0/s1. The summed E-state index contributed by atoms with van der Waals surface area (Å²) < 4.78 is 12.6. The number of halogens is 1. The molecule has 1 aromatic heterocycles. The molecular weight excluding hydrogens is 209 g/mol. The summed E-state index contributed by atoms with van der Waals surface area (Å²) >= 11 is 0. The maximum Gasteiger partial charge on any atom is 0.242 e. The first-order valence-corrected chi connectivity index (χ1v) is 5.41. The van der Waals surface area contributed by atoms with E-state index in [1.807, 2.05) is 0 Å². The molecule has 5 heteroatoms. The summed E-state index contributed by atoms with van der Waals surface area (Å²) in [4.78, 5) is 15.5. The highest BCUT2D eigenvalue weighted by molar-refractivity contribution is 5.94. The van der Waals surface area contributed by atoms with Gasteiger partial charge in [-0.3, -0.25) is 4.79 Å². The molecule has 16 heavy (non-hydrogen) atoms. The third-order valence-corrected chi connectivity index (χ3v) is 2.61. The Kier molecular flexibility index (Phi) is 3.46. The normalized spacial score (nSPS) is 20.4. The van der Waals surface area contributed by atoms with Crippen molar-refractivity contribution < 1.29 is 9.18 Å². The number of hydrogen-bond acceptors (Lipinski definition) is 3. The molecule has 1 amide bonds. The third-order valence-electron chi connectivity index (χ3n) is 2.61. The SMILES string of the molecule is O=C(Nc1ccc(F)cn1)[C@@H]1CCCCN1. The van der Waals surface area contributed by atoms with Gasteiger partial charge in [0.25, 0.3) is 0 Å². The van der Waals surface area contributed by atoms with Gasteiger partial charge in [-0.15, -0.1) is 0 Å². The maximum atomic E-state index is 12.6. The van der Waals surface area contributed by atoms with E-state index < -0.39 is 5.82 Å². The van der Waals surface area contributed by atoms with Gasteiger partial charge in [-0.05, 0) is 31.5 Å². The molecule has 0 aliphatic carbocycles. The van der Waals surface area contributed by atoms with Crippen LogP contribution in [0.2, 0.25) is 0 Å². The van der Waals surface area contributed by atoms with Crippen LogP contribution in [0.3, 0.4) is 0 Å².